The van der Waals surface area contributed by atoms with Crippen LogP contribution in [0.25, 0.3) is 0 Å². The van der Waals surface area contributed by atoms with E-state index in [0.29, 0.717) is 11.8 Å². The standard InChI is InChI=1S/C32H42N2O8.C25H39NO4.C7H4ClNO4.C6H15N/c1-22(6-15-28-19-32(21-39-32)20-31(3,4)42-28)5-8-24-9-11-25(12-10-24)33-29(35)18-7-23(2)40-30(36)41-27-16-13-26(14-17-27)34(37)38;1-18(6-13-22-15-25(17-29-25)16-24(3,4)30-22)5-8-20-9-11-21(12-10-20)26-23(28)14-7-19(2)27;8-7(10)13-6-3-1-5(2-4-6)9(11)12;1-4-7(5-2)6-3/h5-7,13-18,23-25,28H,8-12,19-21H2,1-4H3,(H,33,35);5-7,13-14,19-22,27H,8-12,15-17H2,1-4H3,(H,26,28);1-4H;4-6H2,1-3H3/b15-6+,18-7-,22-5+;13-6+,14-7-,18-5+;;/t23-,24?,25?,28+,32+;19-,20?,21?,22+,25+;;/m00../s1. The van der Waals surface area contributed by atoms with Crippen LogP contribution in [0.5, 0.6) is 11.5 Å². The molecule has 0 radical (unpaired) electrons. The number of carbonyl (C=O) groups is 4. The van der Waals surface area contributed by atoms with Crippen LogP contribution in [0.4, 0.5) is 21.0 Å². The summed E-state index contributed by atoms with van der Waals surface area (Å²) in [6.45, 7) is 28.0. The van der Waals surface area contributed by atoms with Crippen molar-refractivity contribution in [1.29, 1.82) is 0 Å². The lowest BCUT2D eigenvalue weighted by Gasteiger charge is -2.38. The van der Waals surface area contributed by atoms with E-state index in [9.17, 15) is 44.5 Å². The van der Waals surface area contributed by atoms with Crippen molar-refractivity contribution in [3.05, 3.63) is 141 Å². The lowest BCUT2D eigenvalue weighted by molar-refractivity contribution is -0.385. The summed E-state index contributed by atoms with van der Waals surface area (Å²) in [6, 6.07) is 10.5. The second-order valence-electron chi connectivity index (χ2n) is 26.2. The van der Waals surface area contributed by atoms with E-state index in [0.717, 1.165) is 103 Å². The number of hydrogen-bond acceptors (Lipinski definition) is 17. The van der Waals surface area contributed by atoms with E-state index in [2.05, 4.69) is 119 Å². The summed E-state index contributed by atoms with van der Waals surface area (Å²) >= 11 is 4.92. The summed E-state index contributed by atoms with van der Waals surface area (Å²) in [4.78, 5) is 68.7. The highest BCUT2D eigenvalue weighted by Crippen LogP contribution is 2.47. The highest BCUT2D eigenvalue weighted by Gasteiger charge is 2.54. The number of amides is 2. The maximum atomic E-state index is 12.4. The first-order chi connectivity index (χ1) is 43.5. The van der Waals surface area contributed by atoms with Gasteiger partial charge in [-0.2, -0.15) is 0 Å². The van der Waals surface area contributed by atoms with Gasteiger partial charge in [0.25, 0.3) is 11.4 Å². The number of nitrogens with one attached hydrogen (secondary N) is 2. The maximum absolute atomic E-state index is 12.4. The Morgan fingerprint density at radius 1 is 0.641 bits per heavy atom. The smallest absolute Gasteiger partial charge is 0.427 e. The molecule has 2 amide bonds. The van der Waals surface area contributed by atoms with E-state index in [-0.39, 0.29) is 81.4 Å². The number of rotatable bonds is 22. The zero-order chi connectivity index (χ0) is 67.7. The number of carbonyl (C=O) groups excluding carboxylic acids is 4. The van der Waals surface area contributed by atoms with Gasteiger partial charge in [0.1, 0.15) is 17.6 Å². The fourth-order valence-electron chi connectivity index (χ4n) is 12.0. The van der Waals surface area contributed by atoms with Crippen LogP contribution in [0.1, 0.15) is 166 Å². The van der Waals surface area contributed by atoms with Crippen molar-refractivity contribution in [2.24, 2.45) is 11.8 Å². The number of halogens is 1. The Morgan fingerprint density at radius 3 is 1.36 bits per heavy atom. The van der Waals surface area contributed by atoms with Gasteiger partial charge < -0.3 is 53.8 Å². The molecule has 6 atom stereocenters. The molecule has 0 bridgehead atoms. The van der Waals surface area contributed by atoms with Crippen LogP contribution in [-0.4, -0.2) is 135 Å². The number of ether oxygens (including phenoxy) is 7. The molecule has 4 aliphatic heterocycles. The summed E-state index contributed by atoms with van der Waals surface area (Å²) in [5.74, 6) is 1.24. The van der Waals surface area contributed by atoms with Gasteiger partial charge in [-0.1, -0.05) is 74.4 Å². The summed E-state index contributed by atoms with van der Waals surface area (Å²) in [6.07, 6.45) is 31.3. The van der Waals surface area contributed by atoms with Crippen molar-refractivity contribution in [3.8, 4) is 11.5 Å². The molecule has 2 saturated carbocycles. The minimum atomic E-state index is -0.978. The average molecular weight is 1300 g/mol. The van der Waals surface area contributed by atoms with Crippen LogP contribution >= 0.6 is 11.6 Å². The molecule has 2 spiro atoms. The van der Waals surface area contributed by atoms with Gasteiger partial charge in [0.15, 0.2) is 0 Å². The molecule has 22 heteroatoms. The van der Waals surface area contributed by atoms with Crippen LogP contribution in [0, 0.1) is 32.1 Å². The van der Waals surface area contributed by atoms with E-state index in [1.165, 1.54) is 104 Å². The molecular formula is C70H100ClN5O16. The van der Waals surface area contributed by atoms with Crippen molar-refractivity contribution in [2.45, 2.75) is 225 Å². The van der Waals surface area contributed by atoms with Gasteiger partial charge in [-0.25, -0.2) is 9.59 Å². The Hall–Kier alpha value is -6.59. The van der Waals surface area contributed by atoms with E-state index in [4.69, 9.17) is 40.0 Å². The average Bonchev–Trinajstić information content (AvgIpc) is 1.62. The number of nitro benzene ring substituents is 2. The minimum Gasteiger partial charge on any atom is -0.427 e. The van der Waals surface area contributed by atoms with Gasteiger partial charge in [0.05, 0.1) is 63.8 Å². The summed E-state index contributed by atoms with van der Waals surface area (Å²) in [5, 5.41) is 36.2. The minimum absolute atomic E-state index is 0.0248. The fraction of sp³-hybridized carbons (Fsp3) is 0.600. The number of benzene rings is 2. The van der Waals surface area contributed by atoms with Crippen molar-refractivity contribution in [3.63, 3.8) is 0 Å². The molecule has 2 aromatic carbocycles. The Balaban J connectivity index is 0.000000264. The van der Waals surface area contributed by atoms with Crippen molar-refractivity contribution < 1.29 is 67.3 Å². The summed E-state index contributed by atoms with van der Waals surface area (Å²) in [7, 11) is 0. The molecule has 2 aromatic rings. The predicted octanol–water partition coefficient (Wildman–Crippen LogP) is 14.2. The van der Waals surface area contributed by atoms with E-state index < -0.39 is 33.6 Å². The Kier molecular flexibility index (Phi) is 30.4. The van der Waals surface area contributed by atoms with Gasteiger partial charge in [0.2, 0.25) is 11.8 Å². The maximum Gasteiger partial charge on any atom is 0.514 e. The third-order valence-corrected chi connectivity index (χ3v) is 17.0. The lowest BCUT2D eigenvalue weighted by atomic mass is 9.83. The summed E-state index contributed by atoms with van der Waals surface area (Å²) < 4.78 is 38.5. The fourth-order valence-corrected chi connectivity index (χ4v) is 12.1. The van der Waals surface area contributed by atoms with Crippen molar-refractivity contribution in [1.82, 2.24) is 15.5 Å². The normalized spacial score (nSPS) is 26.3. The zero-order valence-electron chi connectivity index (χ0n) is 55.7. The SMILES string of the molecule is CC(/C=C/[C@@H]1C[C@]2(CO2)CC(C)(C)O1)=C\CC1CCC(NC(=O)/C=C\[C@H](C)O)CC1.CC(/C=C/[C@@H]1C[C@]2(CO2)CC(C)(C)O1)=C\CC1CCC(NC(=O)/C=C\[C@H](C)OC(=O)Oc2ccc([N+](=O)[O-])cc2)CC1.CCN(CC)CC.O=C(Cl)Oc1ccc([N+](=O)[O-])cc1. The Bertz CT molecular complexity index is 2880. The third kappa shape index (κ3) is 29.1. The molecule has 6 aliphatic rings. The van der Waals surface area contributed by atoms with Gasteiger partial charge in [-0.05, 0) is 181 Å². The largest absolute Gasteiger partial charge is 0.514 e. The molecule has 2 aliphatic carbocycles. The van der Waals surface area contributed by atoms with Crippen LogP contribution in [-0.2, 0) is 33.3 Å². The molecule has 8 rings (SSSR count). The number of epoxide rings is 2. The highest BCUT2D eigenvalue weighted by molar-refractivity contribution is 6.61. The molecule has 21 nitrogen and oxygen atoms in total. The zero-order valence-corrected chi connectivity index (χ0v) is 56.5. The Labute approximate surface area is 548 Å². The van der Waals surface area contributed by atoms with E-state index in [1.807, 2.05) is 0 Å². The number of allylic oxidation sites excluding steroid dienone is 6. The van der Waals surface area contributed by atoms with Crippen LogP contribution < -0.4 is 20.1 Å². The number of non-ortho nitro benzene ring substituents is 2. The quantitative estimate of drug-likeness (QED) is 0.0144. The monoisotopic (exact) mass is 1300 g/mol. The first kappa shape index (κ1) is 76.1. The molecule has 92 heavy (non-hydrogen) atoms. The predicted molar refractivity (Wildman–Crippen MR) is 355 cm³/mol. The molecule has 508 valence electrons. The molecule has 0 unspecified atom stereocenters. The number of aliphatic hydroxyl groups is 1. The van der Waals surface area contributed by atoms with Crippen LogP contribution in [0.15, 0.2) is 120 Å². The van der Waals surface area contributed by atoms with E-state index in [1.54, 1.807) is 13.8 Å². The van der Waals surface area contributed by atoms with Gasteiger partial charge in [-0.3, -0.25) is 29.8 Å². The first-order valence-corrected chi connectivity index (χ1v) is 32.8. The van der Waals surface area contributed by atoms with Crippen molar-refractivity contribution in [2.75, 3.05) is 32.8 Å². The highest BCUT2D eigenvalue weighted by atomic mass is 35.5. The third-order valence-electron chi connectivity index (χ3n) is 16.9. The van der Waals surface area contributed by atoms with Gasteiger partial charge >= 0.3 is 11.6 Å². The van der Waals surface area contributed by atoms with E-state index >= 15 is 0 Å². The topological polar surface area (TPSA) is 273 Å². The first-order valence-electron chi connectivity index (χ1n) is 32.5. The molecule has 0 aromatic heterocycles. The number of nitrogens with zero attached hydrogens (tertiary/aromatic N) is 3. The second-order valence-corrected chi connectivity index (χ2v) is 26.5. The molecule has 4 saturated heterocycles. The second kappa shape index (κ2) is 36.8. The van der Waals surface area contributed by atoms with Crippen LogP contribution in [0.3, 0.4) is 0 Å². The van der Waals surface area contributed by atoms with Gasteiger partial charge in [0, 0.05) is 85.8 Å². The number of hydrogen-bond donors (Lipinski definition) is 3. The number of nitro groups is 2. The lowest BCUT2D eigenvalue weighted by Crippen LogP contribution is -2.43. The molecule has 6 fully saturated rings. The molecule has 4 heterocycles. The molecular weight excluding hydrogens is 1200 g/mol. The van der Waals surface area contributed by atoms with Gasteiger partial charge in [-0.15, -0.1) is 0 Å². The molecule has 3 N–H and O–H groups in total. The number of aliphatic hydroxyl groups excluding tert-OH is 1. The van der Waals surface area contributed by atoms with Crippen molar-refractivity contribution >= 4 is 46.4 Å². The van der Waals surface area contributed by atoms with Crippen LogP contribution in [0.2, 0.25) is 0 Å². The summed E-state index contributed by atoms with van der Waals surface area (Å²) in [5.41, 5.74) is 1.16. The Morgan fingerprint density at radius 2 is 1.02 bits per heavy atom.